The van der Waals surface area contributed by atoms with Crippen molar-refractivity contribution in [3.8, 4) is 5.75 Å². The fraction of sp³-hybridized carbons (Fsp3) is 0.259. The van der Waals surface area contributed by atoms with Gasteiger partial charge in [-0.05, 0) is 95.4 Å². The van der Waals surface area contributed by atoms with Gasteiger partial charge in [0.25, 0.3) is 5.91 Å². The van der Waals surface area contributed by atoms with Crippen molar-refractivity contribution in [2.75, 3.05) is 28.4 Å². The Morgan fingerprint density at radius 1 is 0.788 bits per heavy atom. The third-order valence-electron chi connectivity index (χ3n) is 14.2. The number of aliphatic hydroxyl groups excluding tert-OH is 1. The third kappa shape index (κ3) is 7.78. The van der Waals surface area contributed by atoms with E-state index in [-0.39, 0.29) is 36.9 Å². The average molecular weight is 899 g/mol. The molecule has 66 heavy (non-hydrogen) atoms. The molecule has 4 amide bonds. The number of carbonyl (C=O) groups is 4. The number of ether oxygens (including phenoxy) is 2. The maximum atomic E-state index is 15.8. The summed E-state index contributed by atoms with van der Waals surface area (Å²) in [5, 5.41) is 11.8. The van der Waals surface area contributed by atoms with Gasteiger partial charge < -0.3 is 24.4 Å². The van der Waals surface area contributed by atoms with Crippen LogP contribution < -0.4 is 24.6 Å². The Balaban J connectivity index is 1.14. The molecule has 6 aromatic rings. The lowest BCUT2D eigenvalue weighted by molar-refractivity contribution is -0.151. The molecule has 336 valence electrons. The Hall–Kier alpha value is -6.86. The first-order valence-corrected chi connectivity index (χ1v) is 25.5. The highest BCUT2D eigenvalue weighted by Gasteiger charge is 2.66. The predicted molar refractivity (Wildman–Crippen MR) is 259 cm³/mol. The Labute approximate surface area is 386 Å². The summed E-state index contributed by atoms with van der Waals surface area (Å²) in [5.74, 6) is -0.0926. The normalized spacial score (nSPS) is 21.0. The van der Waals surface area contributed by atoms with Gasteiger partial charge in [-0.3, -0.25) is 29.0 Å². The van der Waals surface area contributed by atoms with Gasteiger partial charge in [-0.1, -0.05) is 110 Å². The number of hydrogen-bond acceptors (Lipinski definition) is 7. The minimum atomic E-state index is -2.66. The first kappa shape index (κ1) is 44.3. The maximum Gasteiger partial charge on any atom is 0.264 e. The van der Waals surface area contributed by atoms with Crippen LogP contribution in [-0.4, -0.2) is 68.6 Å². The summed E-state index contributed by atoms with van der Waals surface area (Å²) in [6, 6.07) is 47.7. The molecule has 5 atom stereocenters. The molecule has 0 bridgehead atoms. The van der Waals surface area contributed by atoms with E-state index in [4.69, 9.17) is 9.47 Å². The molecule has 1 N–H and O–H groups in total. The van der Waals surface area contributed by atoms with Crippen LogP contribution in [0.1, 0.15) is 35.6 Å². The number of rotatable bonds is 14. The fourth-order valence-corrected chi connectivity index (χ4v) is 14.8. The van der Waals surface area contributed by atoms with Crippen molar-refractivity contribution in [2.24, 2.45) is 5.92 Å². The van der Waals surface area contributed by atoms with Gasteiger partial charge in [0.1, 0.15) is 5.75 Å². The minimum Gasteiger partial charge on any atom is -0.497 e. The number of para-hydroxylation sites is 2. The summed E-state index contributed by atoms with van der Waals surface area (Å²) in [6.07, 6.45) is 1.42. The van der Waals surface area contributed by atoms with E-state index in [0.29, 0.717) is 41.3 Å². The fourth-order valence-electron chi connectivity index (χ4n) is 10.8. The zero-order valence-electron chi connectivity index (χ0n) is 37.6. The van der Waals surface area contributed by atoms with Crippen LogP contribution in [0.4, 0.5) is 28.4 Å². The number of nitrogens with zero attached hydrogens (tertiary/aromatic N) is 4. The smallest absolute Gasteiger partial charge is 0.264 e. The Bertz CT molecular complexity index is 2740. The lowest BCUT2D eigenvalue weighted by Crippen LogP contribution is -2.52. The number of hydrogen-bond donors (Lipinski definition) is 1. The molecular formula is C54H54N4O7Si. The highest BCUT2D eigenvalue weighted by atomic mass is 28.3. The van der Waals surface area contributed by atoms with E-state index in [0.717, 1.165) is 46.1 Å². The highest BCUT2D eigenvalue weighted by Crippen LogP contribution is 2.61. The zero-order valence-corrected chi connectivity index (χ0v) is 38.6. The molecule has 0 unspecified atom stereocenters. The van der Waals surface area contributed by atoms with Crippen molar-refractivity contribution >= 4 is 66.3 Å². The lowest BCUT2D eigenvalue weighted by atomic mass is 9.82. The zero-order chi connectivity index (χ0) is 46.2. The molecule has 3 aliphatic heterocycles. The van der Waals surface area contributed by atoms with Crippen molar-refractivity contribution in [1.29, 1.82) is 0 Å². The topological polar surface area (TPSA) is 120 Å². The van der Waals surface area contributed by atoms with E-state index in [1.807, 2.05) is 133 Å². The number of carbonyl (C=O) groups excluding carboxylic acids is 4. The van der Waals surface area contributed by atoms with Gasteiger partial charge in [0, 0.05) is 40.8 Å². The number of aliphatic hydroxyl groups is 1. The highest BCUT2D eigenvalue weighted by molar-refractivity contribution is 6.91. The van der Waals surface area contributed by atoms with Crippen molar-refractivity contribution in [3.63, 3.8) is 0 Å². The molecular weight excluding hydrogens is 845 g/mol. The molecule has 0 radical (unpaired) electrons. The van der Waals surface area contributed by atoms with Crippen LogP contribution >= 0.6 is 0 Å². The number of methoxy groups -OCH3 is 1. The molecule has 1 spiro atoms. The molecule has 1 fully saturated rings. The molecule has 12 heteroatoms. The van der Waals surface area contributed by atoms with E-state index in [1.54, 1.807) is 26.7 Å². The van der Waals surface area contributed by atoms with E-state index < -0.39 is 31.7 Å². The number of benzene rings is 6. The van der Waals surface area contributed by atoms with Gasteiger partial charge in [-0.2, -0.15) is 0 Å². The second-order valence-corrected chi connectivity index (χ2v) is 22.8. The lowest BCUT2D eigenvalue weighted by Gasteiger charge is -2.39. The van der Waals surface area contributed by atoms with Crippen LogP contribution in [-0.2, 0) is 49.0 Å². The standard InChI is InChI=1S/C54H54N4O7Si/c1-37-52(66(3,4)47-26-24-46(64-2)25-27-47)50(31-51(62)55-33-40-14-12-11-13-39(40)29-45(55)34-59)65-54(37)48-30-44(58(36-61)42-17-9-6-10-18-42)23-28-49(48)56(53(54)63)32-38-19-21-43(22-20-38)57(35-60)41-15-7-5-8-16-41/h5-28,30,35-37,45,50,52,59H,29,31-34H2,1-4H3/t37-,45+,50+,52-,54+/m1/s1. The second kappa shape index (κ2) is 18.2. The Morgan fingerprint density at radius 3 is 1.97 bits per heavy atom. The quantitative estimate of drug-likeness (QED) is 0.0862. The van der Waals surface area contributed by atoms with Crippen LogP contribution in [0.5, 0.6) is 5.75 Å². The molecule has 0 saturated carbocycles. The molecule has 6 aromatic carbocycles. The van der Waals surface area contributed by atoms with Gasteiger partial charge in [-0.15, -0.1) is 0 Å². The summed E-state index contributed by atoms with van der Waals surface area (Å²) in [6.45, 7) is 7.03. The number of fused-ring (bicyclic) bond motifs is 3. The molecule has 3 aliphatic rings. The first-order chi connectivity index (χ1) is 32.0. The van der Waals surface area contributed by atoms with E-state index in [2.05, 4.69) is 38.2 Å². The average Bonchev–Trinajstić information content (AvgIpc) is 3.77. The monoisotopic (exact) mass is 898 g/mol. The SMILES string of the molecule is COc1ccc([Si](C)(C)[C@H]2[C@H](CC(=O)N3Cc4ccccc4C[C@H]3CO)O[C@@]3(C(=O)N(Cc4ccc(N(C=O)c5ccccc5)cc4)c4ccc(N(C=O)c5ccccc5)cc43)[C@@H]2C)cc1. The Kier molecular flexibility index (Phi) is 12.2. The van der Waals surface area contributed by atoms with Crippen molar-refractivity contribution in [2.45, 2.75) is 69.2 Å². The van der Waals surface area contributed by atoms with E-state index >= 15 is 4.79 Å². The Morgan fingerprint density at radius 2 is 1.36 bits per heavy atom. The van der Waals surface area contributed by atoms with Gasteiger partial charge >= 0.3 is 0 Å². The van der Waals surface area contributed by atoms with Gasteiger partial charge in [0.15, 0.2) is 5.60 Å². The summed E-state index contributed by atoms with van der Waals surface area (Å²) in [5.41, 5.74) is 5.15. The van der Waals surface area contributed by atoms with Gasteiger partial charge in [0.2, 0.25) is 18.7 Å². The molecule has 0 aliphatic carbocycles. The molecule has 9 rings (SSSR count). The first-order valence-electron chi connectivity index (χ1n) is 22.5. The van der Waals surface area contributed by atoms with E-state index in [1.165, 1.54) is 0 Å². The number of anilines is 5. The second-order valence-electron chi connectivity index (χ2n) is 18.1. The third-order valence-corrected chi connectivity index (χ3v) is 18.6. The summed E-state index contributed by atoms with van der Waals surface area (Å²) < 4.78 is 13.0. The molecule has 1 saturated heterocycles. The van der Waals surface area contributed by atoms with Crippen LogP contribution in [0, 0.1) is 5.92 Å². The van der Waals surface area contributed by atoms with Crippen molar-refractivity contribution < 1.29 is 33.8 Å². The van der Waals surface area contributed by atoms with Crippen LogP contribution in [0.25, 0.3) is 0 Å². The van der Waals surface area contributed by atoms with E-state index in [9.17, 15) is 19.5 Å². The summed E-state index contributed by atoms with van der Waals surface area (Å²) >= 11 is 0. The van der Waals surface area contributed by atoms with Gasteiger partial charge in [-0.25, -0.2) is 0 Å². The van der Waals surface area contributed by atoms with Crippen LogP contribution in [0.15, 0.2) is 152 Å². The van der Waals surface area contributed by atoms with Crippen LogP contribution in [0.3, 0.4) is 0 Å². The number of amides is 4. The summed E-state index contributed by atoms with van der Waals surface area (Å²) in [4.78, 5) is 62.6. The summed E-state index contributed by atoms with van der Waals surface area (Å²) in [7, 11) is -1.02. The van der Waals surface area contributed by atoms with Gasteiger partial charge in [0.05, 0.1) is 52.6 Å². The minimum absolute atomic E-state index is 0.00486. The molecule has 0 aromatic heterocycles. The van der Waals surface area contributed by atoms with Crippen molar-refractivity contribution in [3.05, 3.63) is 174 Å². The molecule has 3 heterocycles. The molecule has 11 nitrogen and oxygen atoms in total. The largest absolute Gasteiger partial charge is 0.497 e. The van der Waals surface area contributed by atoms with Crippen LogP contribution in [0.2, 0.25) is 18.6 Å². The predicted octanol–water partition coefficient (Wildman–Crippen LogP) is 8.38. The maximum absolute atomic E-state index is 15.8. The van der Waals surface area contributed by atoms with Crippen molar-refractivity contribution in [1.82, 2.24) is 4.90 Å².